The number of hydrogen-bond acceptors (Lipinski definition) is 4. The number of rotatable bonds is 16. The van der Waals surface area contributed by atoms with Gasteiger partial charge in [-0.2, -0.15) is 0 Å². The maximum atomic E-state index is 11.5. The van der Waals surface area contributed by atoms with Crippen molar-refractivity contribution in [3.8, 4) is 11.5 Å². The van der Waals surface area contributed by atoms with Crippen molar-refractivity contribution < 1.29 is 14.3 Å². The predicted octanol–water partition coefficient (Wildman–Crippen LogP) is 7.07. The molecular weight excluding hydrogens is 496 g/mol. The van der Waals surface area contributed by atoms with Gasteiger partial charge in [-0.3, -0.25) is 9.69 Å². The van der Waals surface area contributed by atoms with Crippen molar-refractivity contribution >= 4 is 5.91 Å². The van der Waals surface area contributed by atoms with E-state index in [-0.39, 0.29) is 5.92 Å². The molecule has 0 spiro atoms. The molecule has 0 aliphatic rings. The summed E-state index contributed by atoms with van der Waals surface area (Å²) in [7, 11) is 0. The van der Waals surface area contributed by atoms with E-state index in [2.05, 4.69) is 96.8 Å². The number of nitrogens with two attached hydrogens (primary N) is 1. The first kappa shape index (κ1) is 28.9. The van der Waals surface area contributed by atoms with Gasteiger partial charge in [0, 0.05) is 31.1 Å². The fourth-order valence-electron chi connectivity index (χ4n) is 4.77. The van der Waals surface area contributed by atoms with Gasteiger partial charge in [-0.15, -0.1) is 0 Å². The normalized spacial score (nSPS) is 11.1. The summed E-state index contributed by atoms with van der Waals surface area (Å²) < 4.78 is 11.9. The highest BCUT2D eigenvalue weighted by atomic mass is 16.5. The van der Waals surface area contributed by atoms with Gasteiger partial charge in [0.1, 0.15) is 11.5 Å². The third-order valence-electron chi connectivity index (χ3n) is 6.95. The van der Waals surface area contributed by atoms with E-state index >= 15 is 0 Å². The van der Waals surface area contributed by atoms with E-state index in [0.717, 1.165) is 51.3 Å². The Morgan fingerprint density at radius 3 is 2.00 bits per heavy atom. The summed E-state index contributed by atoms with van der Waals surface area (Å²) >= 11 is 0. The van der Waals surface area contributed by atoms with Crippen LogP contribution in [0.4, 0.5) is 0 Å². The summed E-state index contributed by atoms with van der Waals surface area (Å²) in [6.07, 6.45) is 3.03. The van der Waals surface area contributed by atoms with Crippen LogP contribution in [0, 0.1) is 0 Å². The van der Waals surface area contributed by atoms with Crippen LogP contribution < -0.4 is 15.2 Å². The molecule has 4 aromatic rings. The van der Waals surface area contributed by atoms with Crippen LogP contribution in [0.5, 0.6) is 11.5 Å². The van der Waals surface area contributed by atoms with E-state index in [1.807, 2.05) is 6.07 Å². The molecule has 0 fully saturated rings. The lowest BCUT2D eigenvalue weighted by Crippen LogP contribution is -2.30. The minimum atomic E-state index is -0.453. The first-order valence-corrected chi connectivity index (χ1v) is 14.2. The number of amides is 1. The Labute approximate surface area is 238 Å². The van der Waals surface area contributed by atoms with Crippen molar-refractivity contribution in [1.29, 1.82) is 0 Å². The molecular formula is C35H40N2O3. The Balaban J connectivity index is 1.47. The molecule has 4 rings (SSSR count). The zero-order valence-corrected chi connectivity index (χ0v) is 23.4. The van der Waals surface area contributed by atoms with E-state index < -0.39 is 5.91 Å². The van der Waals surface area contributed by atoms with Crippen LogP contribution in [0.3, 0.4) is 0 Å². The summed E-state index contributed by atoms with van der Waals surface area (Å²) in [4.78, 5) is 14.0. The molecule has 0 heterocycles. The third kappa shape index (κ3) is 8.99. The molecule has 2 N–H and O–H groups in total. The lowest BCUT2D eigenvalue weighted by Gasteiger charge is -2.28. The van der Waals surface area contributed by atoms with E-state index in [0.29, 0.717) is 17.9 Å². The number of carbonyl (C=O) groups is 1. The van der Waals surface area contributed by atoms with Crippen LogP contribution in [-0.2, 0) is 6.54 Å². The molecule has 0 atom stereocenters. The van der Waals surface area contributed by atoms with Gasteiger partial charge in [0.05, 0.1) is 13.2 Å². The number of hydrogen-bond donors (Lipinski definition) is 1. The Morgan fingerprint density at radius 1 is 0.750 bits per heavy atom. The summed E-state index contributed by atoms with van der Waals surface area (Å²) in [5.74, 6) is 1.37. The van der Waals surface area contributed by atoms with Crippen LogP contribution in [0.2, 0.25) is 0 Å². The average molecular weight is 537 g/mol. The number of unbranched alkanes of at least 4 members (excludes halogenated alkanes) is 1. The molecule has 0 aliphatic heterocycles. The highest BCUT2D eigenvalue weighted by Gasteiger charge is 2.19. The Hall–Kier alpha value is -4.09. The summed E-state index contributed by atoms with van der Waals surface area (Å²) in [6.45, 7) is 6.02. The maximum absolute atomic E-state index is 11.5. The zero-order valence-electron chi connectivity index (χ0n) is 23.4. The molecule has 1 amide bonds. The largest absolute Gasteiger partial charge is 0.494 e. The summed E-state index contributed by atoms with van der Waals surface area (Å²) in [5, 5.41) is 0. The molecule has 40 heavy (non-hydrogen) atoms. The van der Waals surface area contributed by atoms with Gasteiger partial charge < -0.3 is 15.2 Å². The van der Waals surface area contributed by atoms with Crippen molar-refractivity contribution in [3.05, 3.63) is 131 Å². The monoisotopic (exact) mass is 536 g/mol. The third-order valence-corrected chi connectivity index (χ3v) is 6.95. The molecule has 0 unspecified atom stereocenters. The molecule has 5 nitrogen and oxygen atoms in total. The molecule has 0 radical (unpaired) electrons. The van der Waals surface area contributed by atoms with Gasteiger partial charge in [-0.25, -0.2) is 0 Å². The van der Waals surface area contributed by atoms with Crippen molar-refractivity contribution in [3.63, 3.8) is 0 Å². The van der Waals surface area contributed by atoms with E-state index in [1.54, 1.807) is 18.2 Å². The highest BCUT2D eigenvalue weighted by Crippen LogP contribution is 2.27. The summed E-state index contributed by atoms with van der Waals surface area (Å²) in [6, 6.07) is 37.0. The quantitative estimate of drug-likeness (QED) is 0.156. The minimum absolute atomic E-state index is 0.243. The Morgan fingerprint density at radius 2 is 1.38 bits per heavy atom. The molecule has 0 aliphatic carbocycles. The van der Waals surface area contributed by atoms with Crippen LogP contribution >= 0.6 is 0 Å². The van der Waals surface area contributed by atoms with E-state index in [4.69, 9.17) is 15.2 Å². The van der Waals surface area contributed by atoms with Crippen LogP contribution in [0.1, 0.15) is 59.2 Å². The second kappa shape index (κ2) is 15.5. The van der Waals surface area contributed by atoms with Gasteiger partial charge in [0.2, 0.25) is 5.91 Å². The first-order chi connectivity index (χ1) is 19.6. The lowest BCUT2D eigenvalue weighted by molar-refractivity contribution is 0.0999. The van der Waals surface area contributed by atoms with Crippen molar-refractivity contribution in [2.75, 3.05) is 26.3 Å². The number of carbonyl (C=O) groups excluding carboxylic acids is 1. The molecule has 0 bridgehead atoms. The first-order valence-electron chi connectivity index (χ1n) is 14.2. The van der Waals surface area contributed by atoms with Crippen molar-refractivity contribution in [1.82, 2.24) is 4.90 Å². The molecule has 0 aromatic heterocycles. The lowest BCUT2D eigenvalue weighted by atomic mass is 9.90. The number of primary amides is 1. The second-order valence-corrected chi connectivity index (χ2v) is 10.0. The van der Waals surface area contributed by atoms with Gasteiger partial charge in [-0.05, 0) is 59.9 Å². The van der Waals surface area contributed by atoms with Crippen molar-refractivity contribution in [2.24, 2.45) is 5.73 Å². The van der Waals surface area contributed by atoms with Crippen LogP contribution in [-0.4, -0.2) is 37.1 Å². The van der Waals surface area contributed by atoms with Crippen molar-refractivity contribution in [2.45, 2.75) is 38.6 Å². The molecule has 0 saturated heterocycles. The van der Waals surface area contributed by atoms with Gasteiger partial charge in [0.15, 0.2) is 0 Å². The number of ether oxygens (including phenoxy) is 2. The topological polar surface area (TPSA) is 64.8 Å². The smallest absolute Gasteiger partial charge is 0.248 e. The second-order valence-electron chi connectivity index (χ2n) is 10.0. The molecule has 4 aromatic carbocycles. The standard InChI is InChI=1S/C35H40N2O3/c1-2-3-23-39-32-20-18-28(19-21-32)26-37(22-11-24-40-33-17-10-16-31(25-33)35(36)38)27-34(29-12-6-4-7-13-29)30-14-8-5-9-15-30/h4-10,12-21,25,34H,2-3,11,22-24,26-27H2,1H3,(H2,36,38). The molecule has 5 heteroatoms. The predicted molar refractivity (Wildman–Crippen MR) is 162 cm³/mol. The fraction of sp³-hybridized carbons (Fsp3) is 0.286. The van der Waals surface area contributed by atoms with E-state index in [1.165, 1.54) is 16.7 Å². The zero-order chi connectivity index (χ0) is 28.0. The highest BCUT2D eigenvalue weighted by molar-refractivity contribution is 5.93. The maximum Gasteiger partial charge on any atom is 0.248 e. The van der Waals surface area contributed by atoms with Crippen LogP contribution in [0.25, 0.3) is 0 Å². The number of nitrogens with zero attached hydrogens (tertiary/aromatic N) is 1. The Kier molecular flexibility index (Phi) is 11.2. The number of benzene rings is 4. The Bertz CT molecular complexity index is 1250. The fourth-order valence-corrected chi connectivity index (χ4v) is 4.77. The van der Waals surface area contributed by atoms with Gasteiger partial charge in [0.25, 0.3) is 0 Å². The van der Waals surface area contributed by atoms with Gasteiger partial charge in [-0.1, -0.05) is 92.2 Å². The van der Waals surface area contributed by atoms with E-state index in [9.17, 15) is 4.79 Å². The molecule has 208 valence electrons. The minimum Gasteiger partial charge on any atom is -0.494 e. The van der Waals surface area contributed by atoms with Crippen LogP contribution in [0.15, 0.2) is 109 Å². The van der Waals surface area contributed by atoms with Gasteiger partial charge >= 0.3 is 0 Å². The molecule has 0 saturated carbocycles. The SMILES string of the molecule is CCCCOc1ccc(CN(CCCOc2cccc(C(N)=O)c2)CC(c2ccccc2)c2ccccc2)cc1. The average Bonchev–Trinajstić information content (AvgIpc) is 3.00. The summed E-state index contributed by atoms with van der Waals surface area (Å²) in [5.41, 5.74) is 9.73.